The van der Waals surface area contributed by atoms with Crippen LogP contribution in [0.25, 0.3) is 5.57 Å². The number of ketones is 1. The highest BCUT2D eigenvalue weighted by atomic mass is 35.5. The minimum Gasteiger partial charge on any atom is -0.497 e. The van der Waals surface area contributed by atoms with E-state index in [1.807, 2.05) is 42.5 Å². The number of hydrogen-bond donors (Lipinski definition) is 0. The van der Waals surface area contributed by atoms with Gasteiger partial charge in [-0.2, -0.15) is 0 Å². The molecule has 25 heavy (non-hydrogen) atoms. The molecule has 4 heteroatoms. The zero-order valence-electron chi connectivity index (χ0n) is 14.0. The SMILES string of the molecule is [CH2]C1=C(CCc2ccc(OC)cc2)C=C(c2ccncc2)C(Cl)C1=O. The van der Waals surface area contributed by atoms with Gasteiger partial charge in [-0.3, -0.25) is 9.78 Å². The molecule has 3 nitrogen and oxygen atoms in total. The molecule has 1 atom stereocenters. The summed E-state index contributed by atoms with van der Waals surface area (Å²) in [5.41, 5.74) is 4.35. The molecule has 1 radical (unpaired) electrons. The van der Waals surface area contributed by atoms with Crippen molar-refractivity contribution in [1.82, 2.24) is 4.98 Å². The van der Waals surface area contributed by atoms with Crippen molar-refractivity contribution < 1.29 is 9.53 Å². The number of alkyl halides is 1. The first-order valence-electron chi connectivity index (χ1n) is 8.08. The number of aromatic nitrogens is 1. The zero-order valence-corrected chi connectivity index (χ0v) is 14.8. The van der Waals surface area contributed by atoms with E-state index in [0.717, 1.165) is 35.3 Å². The van der Waals surface area contributed by atoms with Crippen molar-refractivity contribution in [3.63, 3.8) is 0 Å². The third-order valence-electron chi connectivity index (χ3n) is 4.37. The number of Topliss-reactive ketones (excluding diaryl/α,β-unsaturated/α-hetero) is 1. The molecular formula is C21H19ClNO2. The summed E-state index contributed by atoms with van der Waals surface area (Å²) in [6.07, 6.45) is 6.95. The van der Waals surface area contributed by atoms with Gasteiger partial charge in [-0.1, -0.05) is 18.2 Å². The van der Waals surface area contributed by atoms with Crippen LogP contribution in [0.5, 0.6) is 5.75 Å². The van der Waals surface area contributed by atoms with Crippen molar-refractivity contribution in [1.29, 1.82) is 0 Å². The number of halogens is 1. The third-order valence-corrected chi connectivity index (χ3v) is 4.81. The largest absolute Gasteiger partial charge is 0.497 e. The van der Waals surface area contributed by atoms with Gasteiger partial charge < -0.3 is 4.74 Å². The Hall–Kier alpha value is -2.39. The minimum absolute atomic E-state index is 0.124. The van der Waals surface area contributed by atoms with Crippen molar-refractivity contribution in [2.45, 2.75) is 18.2 Å². The molecule has 3 rings (SSSR count). The van der Waals surface area contributed by atoms with Gasteiger partial charge in [0.05, 0.1) is 7.11 Å². The molecule has 0 saturated carbocycles. The quantitative estimate of drug-likeness (QED) is 0.747. The van der Waals surface area contributed by atoms with Crippen LogP contribution in [0.1, 0.15) is 17.5 Å². The molecule has 0 N–H and O–H groups in total. The van der Waals surface area contributed by atoms with Crippen LogP contribution in [0.2, 0.25) is 0 Å². The van der Waals surface area contributed by atoms with E-state index in [1.54, 1.807) is 19.5 Å². The van der Waals surface area contributed by atoms with Crippen molar-refractivity contribution >= 4 is 23.0 Å². The lowest BCUT2D eigenvalue weighted by molar-refractivity contribution is -0.114. The molecular weight excluding hydrogens is 334 g/mol. The highest BCUT2D eigenvalue weighted by Crippen LogP contribution is 2.33. The van der Waals surface area contributed by atoms with E-state index in [0.29, 0.717) is 5.57 Å². The van der Waals surface area contributed by atoms with Crippen molar-refractivity contribution in [3.05, 3.63) is 84.1 Å². The van der Waals surface area contributed by atoms with Crippen LogP contribution in [-0.2, 0) is 11.2 Å². The molecule has 0 aliphatic heterocycles. The van der Waals surface area contributed by atoms with Gasteiger partial charge in [-0.05, 0) is 66.3 Å². The maximum atomic E-state index is 12.5. The first kappa shape index (κ1) is 17.4. The number of methoxy groups -OCH3 is 1. The summed E-state index contributed by atoms with van der Waals surface area (Å²) in [5, 5.41) is -0.695. The molecule has 0 saturated heterocycles. The molecule has 0 bridgehead atoms. The first-order valence-corrected chi connectivity index (χ1v) is 8.52. The van der Waals surface area contributed by atoms with Crippen molar-refractivity contribution in [2.75, 3.05) is 7.11 Å². The fourth-order valence-corrected chi connectivity index (χ4v) is 3.19. The van der Waals surface area contributed by atoms with E-state index in [4.69, 9.17) is 16.3 Å². The van der Waals surface area contributed by atoms with Gasteiger partial charge in [0.1, 0.15) is 11.1 Å². The Morgan fingerprint density at radius 3 is 2.44 bits per heavy atom. The van der Waals surface area contributed by atoms with Crippen LogP contribution in [0.15, 0.2) is 66.0 Å². The lowest BCUT2D eigenvalue weighted by Gasteiger charge is -2.22. The summed E-state index contributed by atoms with van der Waals surface area (Å²) in [7, 11) is 1.65. The van der Waals surface area contributed by atoms with Gasteiger partial charge in [0, 0.05) is 18.0 Å². The maximum absolute atomic E-state index is 12.5. The number of nitrogens with zero attached hydrogens (tertiary/aromatic N) is 1. The fourth-order valence-electron chi connectivity index (χ4n) is 2.87. The Bertz CT molecular complexity index is 823. The summed E-state index contributed by atoms with van der Waals surface area (Å²) in [6.45, 7) is 3.95. The van der Waals surface area contributed by atoms with Crippen molar-refractivity contribution in [3.8, 4) is 5.75 Å². The number of carbonyl (C=O) groups excluding carboxylic acids is 1. The van der Waals surface area contributed by atoms with E-state index in [1.165, 1.54) is 5.56 Å². The molecule has 1 heterocycles. The lowest BCUT2D eigenvalue weighted by Crippen LogP contribution is -2.22. The van der Waals surface area contributed by atoms with Gasteiger partial charge >= 0.3 is 0 Å². The predicted octanol–water partition coefficient (Wildman–Crippen LogP) is 4.43. The Kier molecular flexibility index (Phi) is 5.34. The highest BCUT2D eigenvalue weighted by molar-refractivity contribution is 6.41. The van der Waals surface area contributed by atoms with Gasteiger partial charge in [-0.25, -0.2) is 0 Å². The van der Waals surface area contributed by atoms with Crippen LogP contribution in [0, 0.1) is 6.92 Å². The minimum atomic E-state index is -0.695. The molecule has 0 spiro atoms. The standard InChI is InChI=1S/C21H19ClNO2/c1-14-17(6-3-15-4-7-18(25-2)8-5-15)13-19(20(22)21(14)24)16-9-11-23-12-10-16/h4-5,7-13,20H,1,3,6H2,2H3. The van der Waals surface area contributed by atoms with E-state index in [-0.39, 0.29) is 5.78 Å². The third kappa shape index (κ3) is 3.83. The molecule has 0 fully saturated rings. The molecule has 1 aromatic carbocycles. The Morgan fingerprint density at radius 1 is 1.12 bits per heavy atom. The number of rotatable bonds is 5. The van der Waals surface area contributed by atoms with Gasteiger partial charge in [0.25, 0.3) is 0 Å². The molecule has 1 aliphatic carbocycles. The fraction of sp³-hybridized carbons (Fsp3) is 0.190. The number of hydrogen-bond acceptors (Lipinski definition) is 3. The van der Waals surface area contributed by atoms with Crippen LogP contribution in [-0.4, -0.2) is 23.3 Å². The molecule has 127 valence electrons. The van der Waals surface area contributed by atoms with E-state index >= 15 is 0 Å². The summed E-state index contributed by atoms with van der Waals surface area (Å²) < 4.78 is 5.18. The van der Waals surface area contributed by atoms with E-state index < -0.39 is 5.38 Å². The summed E-state index contributed by atoms with van der Waals surface area (Å²) >= 11 is 6.35. The number of ether oxygens (including phenoxy) is 1. The molecule has 2 aromatic rings. The second kappa shape index (κ2) is 7.66. The Labute approximate surface area is 153 Å². The topological polar surface area (TPSA) is 39.2 Å². The van der Waals surface area contributed by atoms with Crippen molar-refractivity contribution in [2.24, 2.45) is 0 Å². The lowest BCUT2D eigenvalue weighted by atomic mass is 9.86. The van der Waals surface area contributed by atoms with Gasteiger partial charge in [0.2, 0.25) is 0 Å². The first-order chi connectivity index (χ1) is 12.1. The average molecular weight is 353 g/mol. The molecule has 0 amide bonds. The van der Waals surface area contributed by atoms with Gasteiger partial charge in [-0.15, -0.1) is 11.6 Å². The number of pyridine rings is 1. The zero-order chi connectivity index (χ0) is 17.8. The molecule has 1 unspecified atom stereocenters. The van der Waals surface area contributed by atoms with Crippen LogP contribution in [0.3, 0.4) is 0 Å². The highest BCUT2D eigenvalue weighted by Gasteiger charge is 2.28. The Balaban J connectivity index is 1.83. The number of aryl methyl sites for hydroxylation is 1. The predicted molar refractivity (Wildman–Crippen MR) is 101 cm³/mol. The molecule has 1 aliphatic rings. The number of carbonyl (C=O) groups is 1. The second-order valence-electron chi connectivity index (χ2n) is 5.91. The normalized spacial score (nSPS) is 17.5. The summed E-state index contributed by atoms with van der Waals surface area (Å²) in [4.78, 5) is 16.5. The monoisotopic (exact) mass is 352 g/mol. The maximum Gasteiger partial charge on any atom is 0.181 e. The summed E-state index contributed by atoms with van der Waals surface area (Å²) in [5.74, 6) is 0.708. The van der Waals surface area contributed by atoms with E-state index in [9.17, 15) is 4.79 Å². The smallest absolute Gasteiger partial charge is 0.181 e. The van der Waals surface area contributed by atoms with Crippen LogP contribution < -0.4 is 4.74 Å². The molecule has 1 aromatic heterocycles. The number of benzene rings is 1. The van der Waals surface area contributed by atoms with E-state index in [2.05, 4.69) is 11.9 Å². The number of allylic oxidation sites excluding steroid dienone is 4. The van der Waals surface area contributed by atoms with Crippen LogP contribution in [0.4, 0.5) is 0 Å². The Morgan fingerprint density at radius 2 is 1.80 bits per heavy atom. The van der Waals surface area contributed by atoms with Gasteiger partial charge in [0.15, 0.2) is 5.78 Å². The second-order valence-corrected chi connectivity index (χ2v) is 6.35. The average Bonchev–Trinajstić information content (AvgIpc) is 2.67. The van der Waals surface area contributed by atoms with Crippen LogP contribution >= 0.6 is 11.6 Å². The summed E-state index contributed by atoms with van der Waals surface area (Å²) in [6, 6.07) is 11.7.